The van der Waals surface area contributed by atoms with E-state index in [4.69, 9.17) is 4.74 Å². The summed E-state index contributed by atoms with van der Waals surface area (Å²) in [7, 11) is 5.62. The van der Waals surface area contributed by atoms with Crippen molar-refractivity contribution in [2.24, 2.45) is 0 Å². The Morgan fingerprint density at radius 3 is 2.52 bits per heavy atom. The van der Waals surface area contributed by atoms with Crippen LogP contribution in [0.25, 0.3) is 0 Å². The first-order chi connectivity index (χ1) is 11.8. The van der Waals surface area contributed by atoms with E-state index in [0.717, 1.165) is 24.4 Å². The molecule has 8 nitrogen and oxygen atoms in total. The van der Waals surface area contributed by atoms with Gasteiger partial charge in [0.15, 0.2) is 6.54 Å². The van der Waals surface area contributed by atoms with Gasteiger partial charge in [-0.15, -0.1) is 11.3 Å². The molecule has 1 aromatic heterocycles. The monoisotopic (exact) mass is 372 g/mol. The summed E-state index contributed by atoms with van der Waals surface area (Å²) in [5, 5.41) is 7.54. The van der Waals surface area contributed by atoms with E-state index < -0.39 is 5.97 Å². The van der Waals surface area contributed by atoms with Crippen LogP contribution in [0.1, 0.15) is 32.5 Å². The number of carbonyl (C=O) groups is 3. The van der Waals surface area contributed by atoms with Crippen molar-refractivity contribution in [2.45, 2.75) is 13.8 Å². The fraction of sp³-hybridized carbons (Fsp3) is 0.562. The third-order valence-electron chi connectivity index (χ3n) is 3.49. The van der Waals surface area contributed by atoms with Gasteiger partial charge in [0.05, 0.1) is 31.1 Å². The number of carbonyl (C=O) groups excluding carboxylic acids is 3. The van der Waals surface area contributed by atoms with Gasteiger partial charge in [0.2, 0.25) is 0 Å². The molecule has 0 saturated carbocycles. The number of anilines is 1. The van der Waals surface area contributed by atoms with Crippen LogP contribution in [0.3, 0.4) is 0 Å². The highest BCUT2D eigenvalue weighted by Crippen LogP contribution is 2.33. The number of rotatable bonds is 9. The van der Waals surface area contributed by atoms with Gasteiger partial charge in [-0.25, -0.2) is 4.79 Å². The Morgan fingerprint density at radius 2 is 1.96 bits per heavy atom. The molecule has 0 saturated heterocycles. The zero-order chi connectivity index (χ0) is 19.0. The summed E-state index contributed by atoms with van der Waals surface area (Å²) < 4.78 is 5.06. The second-order valence-electron chi connectivity index (χ2n) is 5.85. The fourth-order valence-corrected chi connectivity index (χ4v) is 3.34. The Hall–Kier alpha value is -1.97. The van der Waals surface area contributed by atoms with Gasteiger partial charge in [-0.3, -0.25) is 9.59 Å². The van der Waals surface area contributed by atoms with Crippen molar-refractivity contribution < 1.29 is 29.3 Å². The number of hydrogen-bond donors (Lipinski definition) is 4. The minimum Gasteiger partial charge on any atom is -0.462 e. The van der Waals surface area contributed by atoms with E-state index in [-0.39, 0.29) is 30.5 Å². The average molecular weight is 372 g/mol. The number of quaternary nitrogens is 2. The van der Waals surface area contributed by atoms with Crippen LogP contribution in [-0.4, -0.2) is 65.2 Å². The number of hydrogen-bond acceptors (Lipinski definition) is 5. The number of amides is 2. The highest BCUT2D eigenvalue weighted by Gasteiger charge is 2.26. The maximum Gasteiger partial charge on any atom is 0.341 e. The molecule has 0 aromatic carbocycles. The summed E-state index contributed by atoms with van der Waals surface area (Å²) in [5.41, 5.74) is 0.759. The quantitative estimate of drug-likeness (QED) is 0.304. The zero-order valence-electron chi connectivity index (χ0n) is 15.4. The van der Waals surface area contributed by atoms with E-state index in [0.29, 0.717) is 15.4 Å². The first-order valence-electron chi connectivity index (χ1n) is 8.24. The minimum atomic E-state index is -0.540. The van der Waals surface area contributed by atoms with Gasteiger partial charge in [-0.05, 0) is 19.4 Å². The molecule has 1 aromatic rings. The summed E-state index contributed by atoms with van der Waals surface area (Å²) in [5.74, 6) is -1.06. The predicted molar refractivity (Wildman–Crippen MR) is 96.4 cm³/mol. The third-order valence-corrected chi connectivity index (χ3v) is 4.70. The van der Waals surface area contributed by atoms with Crippen molar-refractivity contribution in [2.75, 3.05) is 52.7 Å². The molecule has 9 heteroatoms. The zero-order valence-corrected chi connectivity index (χ0v) is 16.3. The molecule has 0 spiro atoms. The lowest BCUT2D eigenvalue weighted by molar-refractivity contribution is -0.873. The molecule has 0 aliphatic heterocycles. The summed E-state index contributed by atoms with van der Waals surface area (Å²) in [4.78, 5) is 38.0. The van der Waals surface area contributed by atoms with Crippen LogP contribution in [0.4, 0.5) is 5.00 Å². The Kier molecular flexibility index (Phi) is 8.53. The highest BCUT2D eigenvalue weighted by molar-refractivity contribution is 7.18. The van der Waals surface area contributed by atoms with Gasteiger partial charge >= 0.3 is 5.97 Å². The van der Waals surface area contributed by atoms with Gasteiger partial charge in [0.1, 0.15) is 18.1 Å². The van der Waals surface area contributed by atoms with Gasteiger partial charge < -0.3 is 25.6 Å². The predicted octanol–water partition coefficient (Wildman–Crippen LogP) is -1.76. The number of ether oxygens (including phenoxy) is 1. The first kappa shape index (κ1) is 21.1. The molecular formula is C16H28N4O4S+2. The molecular weight excluding hydrogens is 344 g/mol. The molecule has 0 unspecified atom stereocenters. The van der Waals surface area contributed by atoms with Gasteiger partial charge in [0, 0.05) is 7.05 Å². The lowest BCUT2D eigenvalue weighted by Gasteiger charge is -2.08. The third kappa shape index (κ3) is 6.11. The molecule has 5 N–H and O–H groups in total. The van der Waals surface area contributed by atoms with E-state index >= 15 is 0 Å². The number of esters is 1. The van der Waals surface area contributed by atoms with E-state index in [1.165, 1.54) is 11.9 Å². The number of likely N-dealkylation sites (N-methyl/N-ethyl adjacent to an activating group) is 1. The Labute approximate surface area is 151 Å². The van der Waals surface area contributed by atoms with Crippen molar-refractivity contribution in [3.63, 3.8) is 0 Å². The molecule has 0 aliphatic carbocycles. The lowest BCUT2D eigenvalue weighted by Crippen LogP contribution is -3.09. The second kappa shape index (κ2) is 10.1. The molecule has 140 valence electrons. The Balaban J connectivity index is 2.91. The lowest BCUT2D eigenvalue weighted by atomic mass is 10.1. The van der Waals surface area contributed by atoms with Crippen molar-refractivity contribution in [1.29, 1.82) is 0 Å². The van der Waals surface area contributed by atoms with E-state index in [9.17, 15) is 14.4 Å². The molecule has 0 bridgehead atoms. The van der Waals surface area contributed by atoms with Gasteiger partial charge in [0.25, 0.3) is 11.8 Å². The van der Waals surface area contributed by atoms with Crippen LogP contribution >= 0.6 is 11.3 Å². The van der Waals surface area contributed by atoms with Crippen molar-refractivity contribution in [3.05, 3.63) is 16.0 Å². The smallest absolute Gasteiger partial charge is 0.341 e. The van der Waals surface area contributed by atoms with E-state index in [1.54, 1.807) is 13.8 Å². The Bertz CT molecular complexity index is 628. The van der Waals surface area contributed by atoms with Crippen LogP contribution in [0.5, 0.6) is 0 Å². The molecule has 1 rings (SSSR count). The minimum absolute atomic E-state index is 0.219. The summed E-state index contributed by atoms with van der Waals surface area (Å²) in [6.07, 6.45) is 0. The molecule has 0 atom stereocenters. The van der Waals surface area contributed by atoms with Crippen LogP contribution in [-0.2, 0) is 9.53 Å². The topological polar surface area (TPSA) is 106 Å². The summed E-state index contributed by atoms with van der Waals surface area (Å²) in [6.45, 7) is 5.63. The maximum atomic E-state index is 12.2. The molecule has 2 amide bonds. The SMILES string of the molecule is CCOC(=O)c1c(NC(=O)C[NH2+]CC[NH+](C)C)sc(C(=O)NC)c1C. The second-order valence-corrected chi connectivity index (χ2v) is 6.87. The molecule has 25 heavy (non-hydrogen) atoms. The normalized spacial score (nSPS) is 10.6. The van der Waals surface area contributed by atoms with Crippen LogP contribution in [0.2, 0.25) is 0 Å². The molecule has 1 heterocycles. The van der Waals surface area contributed by atoms with Crippen LogP contribution < -0.4 is 20.9 Å². The fourth-order valence-electron chi connectivity index (χ4n) is 2.18. The van der Waals surface area contributed by atoms with Crippen LogP contribution in [0, 0.1) is 6.92 Å². The summed E-state index contributed by atoms with van der Waals surface area (Å²) in [6, 6.07) is 0. The van der Waals surface area contributed by atoms with E-state index in [1.807, 2.05) is 19.4 Å². The van der Waals surface area contributed by atoms with Crippen LogP contribution in [0.15, 0.2) is 0 Å². The first-order valence-corrected chi connectivity index (χ1v) is 9.06. The molecule has 0 radical (unpaired) electrons. The molecule has 0 aliphatic rings. The Morgan fingerprint density at radius 1 is 1.28 bits per heavy atom. The average Bonchev–Trinajstić information content (AvgIpc) is 2.87. The van der Waals surface area contributed by atoms with Gasteiger partial charge in [-0.2, -0.15) is 0 Å². The largest absolute Gasteiger partial charge is 0.462 e. The number of nitrogens with two attached hydrogens (primary N) is 1. The van der Waals surface area contributed by atoms with Crippen molar-refractivity contribution >= 4 is 34.1 Å². The van der Waals surface area contributed by atoms with Gasteiger partial charge in [-0.1, -0.05) is 0 Å². The standard InChI is InChI=1S/C16H26N4O4S/c1-6-24-16(23)12-10(2)13(14(22)17-3)25-15(12)19-11(21)9-18-7-8-20(4)5/h18H,6-9H2,1-5H3,(H,17,22)(H,19,21)/p+2. The molecule has 0 fully saturated rings. The van der Waals surface area contributed by atoms with Crippen molar-refractivity contribution in [3.8, 4) is 0 Å². The number of thiophene rings is 1. The van der Waals surface area contributed by atoms with E-state index in [2.05, 4.69) is 10.6 Å². The number of nitrogens with one attached hydrogen (secondary N) is 3. The van der Waals surface area contributed by atoms with Crippen molar-refractivity contribution in [1.82, 2.24) is 5.32 Å². The maximum absolute atomic E-state index is 12.2. The summed E-state index contributed by atoms with van der Waals surface area (Å²) >= 11 is 1.08. The highest BCUT2D eigenvalue weighted by atomic mass is 32.1.